The molecule has 5 heteroatoms. The summed E-state index contributed by atoms with van der Waals surface area (Å²) in [5.74, 6) is -0.128. The van der Waals surface area contributed by atoms with Crippen LogP contribution in [-0.2, 0) is 0 Å². The normalized spacial score (nSPS) is 10.3. The molecule has 0 bridgehead atoms. The molecule has 4 nitrogen and oxygen atoms in total. The molecule has 0 saturated carbocycles. The number of aromatic amines is 1. The van der Waals surface area contributed by atoms with Crippen LogP contribution in [-0.4, -0.2) is 15.9 Å². The van der Waals surface area contributed by atoms with Crippen LogP contribution in [0, 0.1) is 0 Å². The summed E-state index contributed by atoms with van der Waals surface area (Å²) in [6, 6.07) is 14.8. The van der Waals surface area contributed by atoms with Gasteiger partial charge in [-0.05, 0) is 42.0 Å². The van der Waals surface area contributed by atoms with E-state index in [-0.39, 0.29) is 5.91 Å². The molecule has 0 saturated heterocycles. The van der Waals surface area contributed by atoms with E-state index >= 15 is 0 Å². The maximum atomic E-state index is 12.1. The third-order valence-corrected chi connectivity index (χ3v) is 3.59. The molecule has 1 aromatic heterocycles. The number of anilines is 1. The van der Waals surface area contributed by atoms with E-state index in [1.54, 1.807) is 24.7 Å². The fourth-order valence-corrected chi connectivity index (χ4v) is 2.22. The van der Waals surface area contributed by atoms with Crippen LogP contribution < -0.4 is 5.32 Å². The third kappa shape index (κ3) is 3.20. The first-order chi connectivity index (χ1) is 10.2. The minimum absolute atomic E-state index is 0.128. The van der Waals surface area contributed by atoms with Crippen LogP contribution in [0.3, 0.4) is 0 Å². The molecule has 1 amide bonds. The van der Waals surface area contributed by atoms with Crippen molar-refractivity contribution in [2.45, 2.75) is 0 Å². The van der Waals surface area contributed by atoms with Crippen LogP contribution in [0.5, 0.6) is 0 Å². The molecule has 0 aliphatic heterocycles. The van der Waals surface area contributed by atoms with Gasteiger partial charge in [-0.2, -0.15) is 0 Å². The van der Waals surface area contributed by atoms with Gasteiger partial charge in [0.25, 0.3) is 5.91 Å². The first kappa shape index (κ1) is 13.6. The standard InChI is InChI=1S/C16H12BrN3O/c17-13-5-1-12(2-6-13)16(21)20-14-7-3-11(4-8-14)15-9-18-10-19-15/h1-10H,(H,18,19)(H,20,21). The van der Waals surface area contributed by atoms with Gasteiger partial charge in [-0.1, -0.05) is 28.1 Å². The quantitative estimate of drug-likeness (QED) is 0.753. The highest BCUT2D eigenvalue weighted by Gasteiger charge is 2.06. The monoisotopic (exact) mass is 341 g/mol. The largest absolute Gasteiger partial charge is 0.345 e. The summed E-state index contributed by atoms with van der Waals surface area (Å²) in [6.45, 7) is 0. The molecule has 1 heterocycles. The Morgan fingerprint density at radius 1 is 1.05 bits per heavy atom. The van der Waals surface area contributed by atoms with Crippen molar-refractivity contribution in [2.75, 3.05) is 5.32 Å². The van der Waals surface area contributed by atoms with E-state index in [4.69, 9.17) is 0 Å². The summed E-state index contributed by atoms with van der Waals surface area (Å²) >= 11 is 3.35. The Bertz CT molecular complexity index is 734. The van der Waals surface area contributed by atoms with Gasteiger partial charge < -0.3 is 10.3 Å². The number of carbonyl (C=O) groups excluding carboxylic acids is 1. The van der Waals surface area contributed by atoms with Gasteiger partial charge in [0.1, 0.15) is 0 Å². The second-order valence-electron chi connectivity index (χ2n) is 4.50. The highest BCUT2D eigenvalue weighted by atomic mass is 79.9. The van der Waals surface area contributed by atoms with E-state index in [2.05, 4.69) is 31.2 Å². The minimum Gasteiger partial charge on any atom is -0.345 e. The topological polar surface area (TPSA) is 57.8 Å². The number of nitrogens with one attached hydrogen (secondary N) is 2. The number of amides is 1. The second-order valence-corrected chi connectivity index (χ2v) is 5.42. The van der Waals surface area contributed by atoms with Crippen LogP contribution in [0.1, 0.15) is 10.4 Å². The number of carbonyl (C=O) groups is 1. The predicted octanol–water partition coefficient (Wildman–Crippen LogP) is 4.09. The number of halogens is 1. The molecular formula is C16H12BrN3O. The van der Waals surface area contributed by atoms with Gasteiger partial charge in [0, 0.05) is 15.7 Å². The van der Waals surface area contributed by atoms with Gasteiger partial charge in [-0.15, -0.1) is 0 Å². The lowest BCUT2D eigenvalue weighted by atomic mass is 10.1. The zero-order valence-electron chi connectivity index (χ0n) is 11.0. The fraction of sp³-hybridized carbons (Fsp3) is 0. The summed E-state index contributed by atoms with van der Waals surface area (Å²) in [7, 11) is 0. The lowest BCUT2D eigenvalue weighted by molar-refractivity contribution is 0.102. The van der Waals surface area contributed by atoms with Crippen LogP contribution >= 0.6 is 15.9 Å². The Kier molecular flexibility index (Phi) is 3.83. The Hall–Kier alpha value is -2.40. The van der Waals surface area contributed by atoms with E-state index in [0.717, 1.165) is 21.4 Å². The van der Waals surface area contributed by atoms with Crippen LogP contribution in [0.15, 0.2) is 65.5 Å². The molecule has 0 radical (unpaired) electrons. The summed E-state index contributed by atoms with van der Waals surface area (Å²) in [5.41, 5.74) is 3.34. The molecule has 2 aromatic carbocycles. The van der Waals surface area contributed by atoms with Crippen molar-refractivity contribution in [3.8, 4) is 11.3 Å². The Balaban J connectivity index is 1.73. The third-order valence-electron chi connectivity index (χ3n) is 3.06. The zero-order valence-corrected chi connectivity index (χ0v) is 12.6. The van der Waals surface area contributed by atoms with Gasteiger partial charge in [-0.25, -0.2) is 4.98 Å². The molecule has 3 rings (SSSR count). The number of aromatic nitrogens is 2. The zero-order chi connectivity index (χ0) is 14.7. The van der Waals surface area contributed by atoms with E-state index < -0.39 is 0 Å². The number of rotatable bonds is 3. The summed E-state index contributed by atoms with van der Waals surface area (Å²) in [5, 5.41) is 2.87. The van der Waals surface area contributed by atoms with Crippen molar-refractivity contribution in [3.63, 3.8) is 0 Å². The average Bonchev–Trinajstić information content (AvgIpc) is 3.03. The van der Waals surface area contributed by atoms with Gasteiger partial charge in [0.05, 0.1) is 18.2 Å². The number of benzene rings is 2. The molecule has 0 atom stereocenters. The average molecular weight is 342 g/mol. The summed E-state index contributed by atoms with van der Waals surface area (Å²) in [6.07, 6.45) is 3.40. The van der Waals surface area contributed by atoms with Crippen LogP contribution in [0.25, 0.3) is 11.3 Å². The van der Waals surface area contributed by atoms with E-state index in [0.29, 0.717) is 5.56 Å². The Morgan fingerprint density at radius 2 is 1.76 bits per heavy atom. The van der Waals surface area contributed by atoms with Crippen molar-refractivity contribution < 1.29 is 4.79 Å². The number of imidazole rings is 1. The molecule has 0 unspecified atom stereocenters. The molecule has 21 heavy (non-hydrogen) atoms. The van der Waals surface area contributed by atoms with E-state index in [1.165, 1.54) is 0 Å². The molecule has 2 N–H and O–H groups in total. The van der Waals surface area contributed by atoms with Gasteiger partial charge in [0.15, 0.2) is 0 Å². The van der Waals surface area contributed by atoms with Crippen molar-refractivity contribution >= 4 is 27.5 Å². The first-order valence-electron chi connectivity index (χ1n) is 6.38. The predicted molar refractivity (Wildman–Crippen MR) is 86.1 cm³/mol. The molecule has 3 aromatic rings. The number of nitrogens with zero attached hydrogens (tertiary/aromatic N) is 1. The molecule has 0 aliphatic rings. The van der Waals surface area contributed by atoms with Crippen LogP contribution in [0.2, 0.25) is 0 Å². The molecule has 0 spiro atoms. The van der Waals surface area contributed by atoms with E-state index in [1.807, 2.05) is 36.4 Å². The maximum absolute atomic E-state index is 12.1. The second kappa shape index (κ2) is 5.93. The SMILES string of the molecule is O=C(Nc1ccc(-c2cnc[nH]2)cc1)c1ccc(Br)cc1. The number of H-pyrrole nitrogens is 1. The number of hydrogen-bond acceptors (Lipinski definition) is 2. The van der Waals surface area contributed by atoms with Crippen molar-refractivity contribution in [1.29, 1.82) is 0 Å². The van der Waals surface area contributed by atoms with Crippen molar-refractivity contribution in [1.82, 2.24) is 9.97 Å². The highest BCUT2D eigenvalue weighted by molar-refractivity contribution is 9.10. The lowest BCUT2D eigenvalue weighted by Gasteiger charge is -2.06. The summed E-state index contributed by atoms with van der Waals surface area (Å²) < 4.78 is 0.947. The lowest BCUT2D eigenvalue weighted by Crippen LogP contribution is -2.11. The van der Waals surface area contributed by atoms with Crippen molar-refractivity contribution in [3.05, 3.63) is 71.1 Å². The van der Waals surface area contributed by atoms with Gasteiger partial charge >= 0.3 is 0 Å². The van der Waals surface area contributed by atoms with Crippen molar-refractivity contribution in [2.24, 2.45) is 0 Å². The summed E-state index contributed by atoms with van der Waals surface area (Å²) in [4.78, 5) is 19.1. The smallest absolute Gasteiger partial charge is 0.255 e. The molecule has 0 aliphatic carbocycles. The van der Waals surface area contributed by atoms with Crippen LogP contribution in [0.4, 0.5) is 5.69 Å². The van der Waals surface area contributed by atoms with E-state index in [9.17, 15) is 4.79 Å². The maximum Gasteiger partial charge on any atom is 0.255 e. The first-order valence-corrected chi connectivity index (χ1v) is 7.17. The van der Waals surface area contributed by atoms with Gasteiger partial charge in [0.2, 0.25) is 0 Å². The number of hydrogen-bond donors (Lipinski definition) is 2. The van der Waals surface area contributed by atoms with Gasteiger partial charge in [-0.3, -0.25) is 4.79 Å². The highest BCUT2D eigenvalue weighted by Crippen LogP contribution is 2.19. The fourth-order valence-electron chi connectivity index (χ4n) is 1.95. The minimum atomic E-state index is -0.128. The molecular weight excluding hydrogens is 330 g/mol. The molecule has 0 fully saturated rings. The molecule has 104 valence electrons. The Labute approximate surface area is 130 Å². The Morgan fingerprint density at radius 3 is 2.38 bits per heavy atom.